The number of para-hydroxylation sites is 2. The molecule has 1 fully saturated rings. The van der Waals surface area contributed by atoms with Gasteiger partial charge in [0, 0.05) is 25.8 Å². The van der Waals surface area contributed by atoms with E-state index >= 15 is 0 Å². The lowest BCUT2D eigenvalue weighted by Gasteiger charge is -2.33. The highest BCUT2D eigenvalue weighted by Gasteiger charge is 2.32. The Balaban J connectivity index is 1.38. The van der Waals surface area contributed by atoms with Gasteiger partial charge < -0.3 is 14.8 Å². The number of nitrogens with one attached hydrogen (secondary N) is 1. The average Bonchev–Trinajstić information content (AvgIpc) is 2.76. The van der Waals surface area contributed by atoms with Crippen LogP contribution in [-0.4, -0.2) is 35.9 Å². The fourth-order valence-electron chi connectivity index (χ4n) is 3.49. The zero-order valence-corrected chi connectivity index (χ0v) is 16.7. The molecule has 1 aliphatic rings. The summed E-state index contributed by atoms with van der Waals surface area (Å²) in [6.45, 7) is 2.98. The van der Waals surface area contributed by atoms with Crippen LogP contribution in [0.25, 0.3) is 0 Å². The van der Waals surface area contributed by atoms with E-state index < -0.39 is 6.36 Å². The number of ether oxygens (including phenoxy) is 2. The summed E-state index contributed by atoms with van der Waals surface area (Å²) in [7, 11) is 0. The molecular weight excluding hydrogens is 407 g/mol. The number of benzene rings is 2. The summed E-state index contributed by atoms with van der Waals surface area (Å²) in [6.07, 6.45) is -3.00. The number of alkyl halides is 3. The summed E-state index contributed by atoms with van der Waals surface area (Å²) < 4.78 is 47.7. The molecule has 4 rings (SSSR count). The number of hydrogen-bond acceptors (Lipinski definition) is 5. The Labute approximate surface area is 178 Å². The molecule has 1 saturated heterocycles. The normalized spacial score (nSPS) is 17.3. The van der Waals surface area contributed by atoms with E-state index in [0.717, 1.165) is 24.2 Å². The van der Waals surface area contributed by atoms with Crippen molar-refractivity contribution < 1.29 is 22.6 Å². The van der Waals surface area contributed by atoms with Crippen LogP contribution in [0.4, 0.5) is 24.7 Å². The number of nitrogens with zero attached hydrogens (tertiary/aromatic N) is 2. The molecule has 1 N–H and O–H groups in total. The molecule has 162 valence electrons. The van der Waals surface area contributed by atoms with Gasteiger partial charge in [0.2, 0.25) is 0 Å². The highest BCUT2D eigenvalue weighted by Crippen LogP contribution is 2.31. The third kappa shape index (κ3) is 5.96. The Hall–Kier alpha value is -3.10. The Bertz CT molecular complexity index is 981. The van der Waals surface area contributed by atoms with E-state index in [2.05, 4.69) is 32.1 Å². The van der Waals surface area contributed by atoms with Crippen LogP contribution in [0, 0.1) is 0 Å². The number of rotatable bonds is 6. The van der Waals surface area contributed by atoms with E-state index in [0.29, 0.717) is 19.0 Å². The topological polar surface area (TPSA) is 46.6 Å². The SMILES string of the molecule is FC(F)(F)Oc1ccccc1Nc1ccc(CN2CCO[C@@H](c3ccccc3)C2)cn1. The lowest BCUT2D eigenvalue weighted by molar-refractivity contribution is -0.274. The van der Waals surface area contributed by atoms with Crippen LogP contribution in [0.1, 0.15) is 17.2 Å². The van der Waals surface area contributed by atoms with Gasteiger partial charge in [0.15, 0.2) is 5.75 Å². The summed E-state index contributed by atoms with van der Waals surface area (Å²) in [6, 6.07) is 19.7. The number of aromatic nitrogens is 1. The molecule has 0 bridgehead atoms. The molecule has 0 saturated carbocycles. The molecule has 0 unspecified atom stereocenters. The molecule has 1 atom stereocenters. The van der Waals surface area contributed by atoms with E-state index in [1.807, 2.05) is 24.3 Å². The van der Waals surface area contributed by atoms with Crippen molar-refractivity contribution in [3.05, 3.63) is 84.1 Å². The third-order valence-electron chi connectivity index (χ3n) is 4.93. The van der Waals surface area contributed by atoms with Gasteiger partial charge >= 0.3 is 6.36 Å². The number of hydrogen-bond donors (Lipinski definition) is 1. The molecule has 31 heavy (non-hydrogen) atoms. The van der Waals surface area contributed by atoms with E-state index in [9.17, 15) is 13.2 Å². The Kier molecular flexibility index (Phi) is 6.39. The van der Waals surface area contributed by atoms with Gasteiger partial charge in [-0.1, -0.05) is 48.5 Å². The molecule has 1 aromatic heterocycles. The monoisotopic (exact) mass is 429 g/mol. The van der Waals surface area contributed by atoms with Gasteiger partial charge in [-0.05, 0) is 29.3 Å². The van der Waals surface area contributed by atoms with Crippen molar-refractivity contribution in [2.45, 2.75) is 19.0 Å². The van der Waals surface area contributed by atoms with Crippen LogP contribution in [0.5, 0.6) is 5.75 Å². The second kappa shape index (κ2) is 9.36. The highest BCUT2D eigenvalue weighted by molar-refractivity contribution is 5.64. The minimum Gasteiger partial charge on any atom is -0.404 e. The highest BCUT2D eigenvalue weighted by atomic mass is 19.4. The first-order valence-corrected chi connectivity index (χ1v) is 9.92. The van der Waals surface area contributed by atoms with Crippen molar-refractivity contribution in [2.75, 3.05) is 25.0 Å². The second-order valence-corrected chi connectivity index (χ2v) is 7.23. The Morgan fingerprint density at radius 3 is 2.55 bits per heavy atom. The van der Waals surface area contributed by atoms with Crippen molar-refractivity contribution in [3.8, 4) is 5.75 Å². The van der Waals surface area contributed by atoms with Crippen LogP contribution < -0.4 is 10.1 Å². The quantitative estimate of drug-likeness (QED) is 0.576. The molecule has 0 spiro atoms. The maximum atomic E-state index is 12.6. The van der Waals surface area contributed by atoms with E-state index in [4.69, 9.17) is 4.74 Å². The van der Waals surface area contributed by atoms with Gasteiger partial charge in [-0.15, -0.1) is 13.2 Å². The smallest absolute Gasteiger partial charge is 0.404 e. The van der Waals surface area contributed by atoms with Crippen molar-refractivity contribution in [3.63, 3.8) is 0 Å². The maximum absolute atomic E-state index is 12.6. The van der Waals surface area contributed by atoms with Crippen LogP contribution in [0.3, 0.4) is 0 Å². The first-order chi connectivity index (χ1) is 15.0. The molecule has 2 heterocycles. The minimum atomic E-state index is -4.76. The molecule has 0 radical (unpaired) electrons. The van der Waals surface area contributed by atoms with E-state index in [1.165, 1.54) is 18.2 Å². The maximum Gasteiger partial charge on any atom is 0.573 e. The van der Waals surface area contributed by atoms with Gasteiger partial charge in [0.1, 0.15) is 5.82 Å². The van der Waals surface area contributed by atoms with Gasteiger partial charge in [-0.25, -0.2) is 4.98 Å². The number of morpholine rings is 1. The molecule has 0 amide bonds. The molecule has 5 nitrogen and oxygen atoms in total. The molecule has 3 aromatic rings. The fraction of sp³-hybridized carbons (Fsp3) is 0.261. The van der Waals surface area contributed by atoms with E-state index in [1.54, 1.807) is 18.3 Å². The number of anilines is 2. The summed E-state index contributed by atoms with van der Waals surface area (Å²) in [4.78, 5) is 6.65. The van der Waals surface area contributed by atoms with Crippen LogP contribution in [0.2, 0.25) is 0 Å². The van der Waals surface area contributed by atoms with E-state index in [-0.39, 0.29) is 17.5 Å². The number of halogens is 3. The molecular formula is C23H22F3N3O2. The van der Waals surface area contributed by atoms with Crippen LogP contribution >= 0.6 is 0 Å². The predicted octanol–water partition coefficient (Wildman–Crippen LogP) is 5.30. The molecule has 1 aliphatic heterocycles. The second-order valence-electron chi connectivity index (χ2n) is 7.23. The predicted molar refractivity (Wildman–Crippen MR) is 111 cm³/mol. The molecule has 0 aliphatic carbocycles. The van der Waals surface area contributed by atoms with Crippen LogP contribution in [0.15, 0.2) is 72.9 Å². The standard InChI is InChI=1S/C23H22F3N3O2/c24-23(25,26)31-20-9-5-4-8-19(20)28-22-11-10-17(14-27-22)15-29-12-13-30-21(16-29)18-6-2-1-3-7-18/h1-11,14,21H,12-13,15-16H2,(H,27,28)/t21-/m1/s1. The summed E-state index contributed by atoms with van der Waals surface area (Å²) in [5, 5.41) is 2.88. The van der Waals surface area contributed by atoms with Gasteiger partial charge in [-0.2, -0.15) is 0 Å². The van der Waals surface area contributed by atoms with Crippen LogP contribution in [-0.2, 0) is 11.3 Å². The lowest BCUT2D eigenvalue weighted by Crippen LogP contribution is -2.37. The van der Waals surface area contributed by atoms with Crippen molar-refractivity contribution in [2.24, 2.45) is 0 Å². The van der Waals surface area contributed by atoms with Crippen molar-refractivity contribution >= 4 is 11.5 Å². The third-order valence-corrected chi connectivity index (χ3v) is 4.93. The Morgan fingerprint density at radius 2 is 1.81 bits per heavy atom. The molecule has 2 aromatic carbocycles. The van der Waals surface area contributed by atoms with Crippen molar-refractivity contribution in [1.29, 1.82) is 0 Å². The molecule has 8 heteroatoms. The average molecular weight is 429 g/mol. The van der Waals surface area contributed by atoms with Gasteiger partial charge in [0.25, 0.3) is 0 Å². The first kappa shape index (κ1) is 21.1. The first-order valence-electron chi connectivity index (χ1n) is 9.92. The Morgan fingerprint density at radius 1 is 1.03 bits per heavy atom. The number of pyridine rings is 1. The van der Waals surface area contributed by atoms with Gasteiger partial charge in [-0.3, -0.25) is 4.90 Å². The van der Waals surface area contributed by atoms with Gasteiger partial charge in [0.05, 0.1) is 18.4 Å². The fourth-order valence-corrected chi connectivity index (χ4v) is 3.49. The minimum absolute atomic E-state index is 0.0361. The zero-order valence-electron chi connectivity index (χ0n) is 16.7. The zero-order chi connectivity index (χ0) is 21.7. The largest absolute Gasteiger partial charge is 0.573 e. The summed E-state index contributed by atoms with van der Waals surface area (Å²) >= 11 is 0. The summed E-state index contributed by atoms with van der Waals surface area (Å²) in [5.74, 6) is 0.132. The summed E-state index contributed by atoms with van der Waals surface area (Å²) in [5.41, 5.74) is 2.36. The van der Waals surface area contributed by atoms with Crippen molar-refractivity contribution in [1.82, 2.24) is 9.88 Å². The lowest BCUT2D eigenvalue weighted by atomic mass is 10.1.